The van der Waals surface area contributed by atoms with Crippen molar-refractivity contribution in [2.75, 3.05) is 23.8 Å². The van der Waals surface area contributed by atoms with Crippen molar-refractivity contribution < 1.29 is 9.53 Å². The van der Waals surface area contributed by atoms with Crippen LogP contribution in [0.2, 0.25) is 15.1 Å². The largest absolute Gasteiger partial charge is 0.482 e. The average Bonchev–Trinajstić information content (AvgIpc) is 2.68. The van der Waals surface area contributed by atoms with Crippen molar-refractivity contribution >= 4 is 52.2 Å². The number of nitrogens with one attached hydrogen (secondary N) is 1. The van der Waals surface area contributed by atoms with Gasteiger partial charge in [0.05, 0.1) is 15.1 Å². The molecule has 0 aliphatic carbocycles. The van der Waals surface area contributed by atoms with Gasteiger partial charge < -0.3 is 15.4 Å². The van der Waals surface area contributed by atoms with E-state index in [9.17, 15) is 14.4 Å². The molecule has 11 heteroatoms. The first-order chi connectivity index (χ1) is 14.6. The number of anilines is 2. The highest BCUT2D eigenvalue weighted by Gasteiger charge is 2.25. The minimum Gasteiger partial charge on any atom is -0.482 e. The maximum Gasteiger partial charge on any atom is 0.330 e. The van der Waals surface area contributed by atoms with Gasteiger partial charge in [-0.25, -0.2) is 4.79 Å². The Morgan fingerprint density at radius 2 is 1.84 bits per heavy atom. The number of rotatable bonds is 9. The van der Waals surface area contributed by atoms with E-state index in [0.717, 1.165) is 6.42 Å². The Morgan fingerprint density at radius 1 is 1.19 bits per heavy atom. The highest BCUT2D eigenvalue weighted by atomic mass is 35.5. The summed E-state index contributed by atoms with van der Waals surface area (Å²) in [6, 6.07) is 2.81. The summed E-state index contributed by atoms with van der Waals surface area (Å²) in [5.74, 6) is -0.423. The van der Waals surface area contributed by atoms with Gasteiger partial charge in [0, 0.05) is 19.2 Å². The second kappa shape index (κ2) is 10.9. The first-order valence-corrected chi connectivity index (χ1v) is 10.9. The zero-order chi connectivity index (χ0) is 23.3. The molecule has 1 aromatic carbocycles. The van der Waals surface area contributed by atoms with Crippen molar-refractivity contribution in [1.82, 2.24) is 9.55 Å². The topological polar surface area (TPSA) is 110 Å². The zero-order valence-electron chi connectivity index (χ0n) is 17.5. The van der Waals surface area contributed by atoms with Crippen LogP contribution in [-0.4, -0.2) is 28.6 Å². The van der Waals surface area contributed by atoms with Crippen molar-refractivity contribution in [2.45, 2.75) is 40.2 Å². The third-order valence-corrected chi connectivity index (χ3v) is 5.41. The van der Waals surface area contributed by atoms with Crippen LogP contribution in [0.1, 0.15) is 33.6 Å². The van der Waals surface area contributed by atoms with Crippen LogP contribution in [0.5, 0.6) is 5.75 Å². The van der Waals surface area contributed by atoms with Gasteiger partial charge in [0.1, 0.15) is 11.6 Å². The number of aromatic amines is 1. The highest BCUT2D eigenvalue weighted by molar-refractivity contribution is 6.43. The second-order valence-electron chi connectivity index (χ2n) is 7.38. The highest BCUT2D eigenvalue weighted by Crippen LogP contribution is 2.34. The van der Waals surface area contributed by atoms with Crippen molar-refractivity contribution in [3.63, 3.8) is 0 Å². The molecule has 0 aliphatic rings. The van der Waals surface area contributed by atoms with E-state index in [-0.39, 0.29) is 44.8 Å². The zero-order valence-corrected chi connectivity index (χ0v) is 19.8. The van der Waals surface area contributed by atoms with Crippen LogP contribution in [0.4, 0.5) is 11.5 Å². The molecule has 0 fully saturated rings. The predicted octanol–water partition coefficient (Wildman–Crippen LogP) is 3.95. The maximum atomic E-state index is 13.0. The van der Waals surface area contributed by atoms with Crippen LogP contribution in [0.3, 0.4) is 0 Å². The lowest BCUT2D eigenvalue weighted by Gasteiger charge is -2.26. The summed E-state index contributed by atoms with van der Waals surface area (Å²) in [5, 5.41) is 0.653. The van der Waals surface area contributed by atoms with Gasteiger partial charge in [0.2, 0.25) is 0 Å². The van der Waals surface area contributed by atoms with Crippen LogP contribution in [-0.2, 0) is 11.3 Å². The summed E-state index contributed by atoms with van der Waals surface area (Å²) in [7, 11) is 0. The first kappa shape index (κ1) is 25.1. The van der Waals surface area contributed by atoms with E-state index in [1.54, 1.807) is 0 Å². The van der Waals surface area contributed by atoms with Gasteiger partial charge in [0.25, 0.3) is 11.5 Å². The van der Waals surface area contributed by atoms with E-state index < -0.39 is 23.8 Å². The number of nitrogens with two attached hydrogens (primary N) is 1. The van der Waals surface area contributed by atoms with Gasteiger partial charge in [0.15, 0.2) is 12.3 Å². The number of H-pyrrole nitrogens is 1. The first-order valence-electron chi connectivity index (χ1n) is 9.77. The van der Waals surface area contributed by atoms with Gasteiger partial charge in [-0.15, -0.1) is 0 Å². The summed E-state index contributed by atoms with van der Waals surface area (Å²) >= 11 is 18.0. The molecule has 3 N–H and O–H groups in total. The van der Waals surface area contributed by atoms with Crippen LogP contribution in [0.15, 0.2) is 21.7 Å². The number of aromatic nitrogens is 2. The molecule has 0 radical (unpaired) electrons. The van der Waals surface area contributed by atoms with Crippen LogP contribution in [0.25, 0.3) is 0 Å². The fraction of sp³-hybridized carbons (Fsp3) is 0.450. The van der Waals surface area contributed by atoms with Crippen molar-refractivity contribution in [3.05, 3.63) is 48.0 Å². The third-order valence-electron chi connectivity index (χ3n) is 4.39. The van der Waals surface area contributed by atoms with E-state index >= 15 is 0 Å². The monoisotopic (exact) mass is 490 g/mol. The molecule has 0 aliphatic heterocycles. The number of nitrogen functional groups attached to an aromatic ring is 1. The SMILES string of the molecule is CCCCn1c(N)c(N(CC(C)C)C(=O)COc2cc(Cl)c(Cl)cc2Cl)c(=O)[nH]c1=O. The van der Waals surface area contributed by atoms with Crippen LogP contribution < -0.4 is 26.6 Å². The van der Waals surface area contributed by atoms with Gasteiger partial charge >= 0.3 is 5.69 Å². The third kappa shape index (κ3) is 6.18. The molecule has 0 unspecified atom stereocenters. The Morgan fingerprint density at radius 3 is 2.45 bits per heavy atom. The molecule has 1 aromatic heterocycles. The Bertz CT molecular complexity index is 1070. The number of hydrogen-bond donors (Lipinski definition) is 2. The lowest BCUT2D eigenvalue weighted by atomic mass is 10.2. The quantitative estimate of drug-likeness (QED) is 0.516. The number of benzene rings is 1. The number of carbonyl (C=O) groups excluding carboxylic acids is 1. The fourth-order valence-electron chi connectivity index (χ4n) is 2.89. The lowest BCUT2D eigenvalue weighted by Crippen LogP contribution is -2.44. The van der Waals surface area contributed by atoms with Gasteiger partial charge in [-0.05, 0) is 18.4 Å². The summed E-state index contributed by atoms with van der Waals surface area (Å²) < 4.78 is 6.79. The van der Waals surface area contributed by atoms with Crippen molar-refractivity contribution in [1.29, 1.82) is 0 Å². The minimum absolute atomic E-state index is 0.00679. The molecule has 8 nitrogen and oxygen atoms in total. The number of halogens is 3. The van der Waals surface area contributed by atoms with E-state index in [0.29, 0.717) is 13.0 Å². The van der Waals surface area contributed by atoms with E-state index in [2.05, 4.69) is 4.98 Å². The summed E-state index contributed by atoms with van der Waals surface area (Å²) in [5.41, 5.74) is 4.72. The molecule has 0 atom stereocenters. The van der Waals surface area contributed by atoms with E-state index in [1.165, 1.54) is 21.6 Å². The number of carbonyl (C=O) groups is 1. The Balaban J connectivity index is 2.40. The molecular weight excluding hydrogens is 467 g/mol. The van der Waals surface area contributed by atoms with Crippen molar-refractivity contribution in [2.24, 2.45) is 5.92 Å². The summed E-state index contributed by atoms with van der Waals surface area (Å²) in [4.78, 5) is 41.3. The van der Waals surface area contributed by atoms with Crippen LogP contribution >= 0.6 is 34.8 Å². The molecule has 2 aromatic rings. The number of unbranched alkanes of at least 4 members (excludes halogenated alkanes) is 1. The normalized spacial score (nSPS) is 11.1. The van der Waals surface area contributed by atoms with Gasteiger partial charge in [-0.1, -0.05) is 62.0 Å². The van der Waals surface area contributed by atoms with Gasteiger partial charge in [-0.3, -0.25) is 19.1 Å². The average molecular weight is 492 g/mol. The Labute approximate surface area is 194 Å². The number of ether oxygens (including phenoxy) is 1. The molecule has 0 saturated heterocycles. The molecular formula is C20H25Cl3N4O4. The Hall–Kier alpha value is -2.16. The number of nitrogens with zero attached hydrogens (tertiary/aromatic N) is 2. The molecule has 1 amide bonds. The second-order valence-corrected chi connectivity index (χ2v) is 8.60. The summed E-state index contributed by atoms with van der Waals surface area (Å²) in [6.45, 7) is 5.81. The molecule has 170 valence electrons. The molecule has 0 spiro atoms. The smallest absolute Gasteiger partial charge is 0.330 e. The van der Waals surface area contributed by atoms with E-state index in [1.807, 2.05) is 20.8 Å². The predicted molar refractivity (Wildman–Crippen MR) is 125 cm³/mol. The fourth-order valence-corrected chi connectivity index (χ4v) is 3.48. The maximum absolute atomic E-state index is 13.0. The van der Waals surface area contributed by atoms with E-state index in [4.69, 9.17) is 45.3 Å². The molecule has 0 saturated carbocycles. The Kier molecular flexibility index (Phi) is 8.85. The molecule has 1 heterocycles. The van der Waals surface area contributed by atoms with Crippen LogP contribution in [0, 0.1) is 5.92 Å². The molecule has 31 heavy (non-hydrogen) atoms. The van der Waals surface area contributed by atoms with Crippen molar-refractivity contribution in [3.8, 4) is 5.75 Å². The molecule has 0 bridgehead atoms. The summed E-state index contributed by atoms with van der Waals surface area (Å²) in [6.07, 6.45) is 1.51. The van der Waals surface area contributed by atoms with Gasteiger partial charge in [-0.2, -0.15) is 0 Å². The number of hydrogen-bond acceptors (Lipinski definition) is 5. The lowest BCUT2D eigenvalue weighted by molar-refractivity contribution is -0.120. The number of amides is 1. The minimum atomic E-state index is -0.739. The standard InChI is InChI=1S/C20H25Cl3N4O4/c1-4-5-6-26-18(24)17(19(29)25-20(26)30)27(9-11(2)3)16(28)10-31-15-8-13(22)12(21)7-14(15)23/h7-8,11H,4-6,9-10,24H2,1-3H3,(H,25,29,30). The molecule has 2 rings (SSSR count).